The minimum atomic E-state index is -0.829. The third kappa shape index (κ3) is 2.45. The minimum Gasteiger partial charge on any atom is -0.481 e. The Balaban J connectivity index is 2.20. The first-order chi connectivity index (χ1) is 9.00. The number of likely N-dealkylation sites (tertiary alicyclic amines) is 1. The van der Waals surface area contributed by atoms with E-state index >= 15 is 0 Å². The molecule has 1 aromatic rings. The maximum atomic E-state index is 12.3. The summed E-state index contributed by atoms with van der Waals surface area (Å²) in [6.45, 7) is 2.56. The van der Waals surface area contributed by atoms with E-state index in [4.69, 9.17) is 11.6 Å². The maximum Gasteiger partial charge on any atom is 0.311 e. The Morgan fingerprint density at radius 1 is 1.42 bits per heavy atom. The molecule has 0 aromatic heterocycles. The molecule has 0 radical (unpaired) electrons. The second-order valence-electron chi connectivity index (χ2n) is 4.90. The van der Waals surface area contributed by atoms with Gasteiger partial charge in [0, 0.05) is 13.1 Å². The Morgan fingerprint density at radius 3 is 2.63 bits per heavy atom. The van der Waals surface area contributed by atoms with Crippen LogP contribution in [0.2, 0.25) is 5.02 Å². The molecule has 102 valence electrons. The zero-order valence-electron chi connectivity index (χ0n) is 10.7. The number of carboxylic acid groups (broad SMARTS) is 1. The third-order valence-electron chi connectivity index (χ3n) is 3.88. The summed E-state index contributed by atoms with van der Waals surface area (Å²) < 4.78 is 0. The summed E-state index contributed by atoms with van der Waals surface area (Å²) >= 11 is 6.00. The van der Waals surface area contributed by atoms with Gasteiger partial charge in [0.2, 0.25) is 0 Å². The summed E-state index contributed by atoms with van der Waals surface area (Å²) in [5.41, 5.74) is -0.377. The van der Waals surface area contributed by atoms with Crippen LogP contribution in [0.1, 0.15) is 30.1 Å². The Bertz CT molecular complexity index is 517. The van der Waals surface area contributed by atoms with Gasteiger partial charge in [-0.05, 0) is 25.0 Å². The van der Waals surface area contributed by atoms with Crippen molar-refractivity contribution >= 4 is 23.5 Å². The predicted molar refractivity (Wildman–Crippen MR) is 72.3 cm³/mol. The van der Waals surface area contributed by atoms with Crippen molar-refractivity contribution in [2.75, 3.05) is 13.1 Å². The van der Waals surface area contributed by atoms with Crippen molar-refractivity contribution in [2.45, 2.75) is 19.8 Å². The number of hydrogen-bond acceptors (Lipinski definition) is 2. The number of benzene rings is 1. The van der Waals surface area contributed by atoms with Gasteiger partial charge in [0.1, 0.15) is 0 Å². The molecule has 0 saturated carbocycles. The summed E-state index contributed by atoms with van der Waals surface area (Å²) in [5.74, 6) is -1.02. The van der Waals surface area contributed by atoms with Gasteiger partial charge in [-0.1, -0.05) is 30.7 Å². The molecule has 0 aliphatic carbocycles. The summed E-state index contributed by atoms with van der Waals surface area (Å²) in [6.07, 6.45) is 1.02. The number of rotatable bonds is 3. The summed E-state index contributed by atoms with van der Waals surface area (Å²) in [4.78, 5) is 25.3. The van der Waals surface area contributed by atoms with Gasteiger partial charge >= 0.3 is 5.97 Å². The van der Waals surface area contributed by atoms with Crippen LogP contribution in [0.3, 0.4) is 0 Å². The van der Waals surface area contributed by atoms with Gasteiger partial charge in [-0.15, -0.1) is 0 Å². The molecule has 1 aliphatic rings. The highest BCUT2D eigenvalue weighted by molar-refractivity contribution is 6.33. The molecular formula is C14H16ClNO3. The largest absolute Gasteiger partial charge is 0.481 e. The van der Waals surface area contributed by atoms with Gasteiger partial charge in [0.15, 0.2) is 0 Å². The highest BCUT2D eigenvalue weighted by atomic mass is 35.5. The van der Waals surface area contributed by atoms with Crippen molar-refractivity contribution in [3.05, 3.63) is 34.9 Å². The molecule has 1 aromatic carbocycles. The van der Waals surface area contributed by atoms with E-state index in [1.54, 1.807) is 29.2 Å². The van der Waals surface area contributed by atoms with E-state index in [-0.39, 0.29) is 12.5 Å². The fourth-order valence-electron chi connectivity index (χ4n) is 2.47. The van der Waals surface area contributed by atoms with E-state index in [1.807, 2.05) is 6.92 Å². The van der Waals surface area contributed by atoms with Crippen LogP contribution < -0.4 is 0 Å². The SMILES string of the molecule is CCC1(C(=O)O)CCN(C(=O)c2ccccc2Cl)C1. The van der Waals surface area contributed by atoms with E-state index in [2.05, 4.69) is 0 Å². The highest BCUT2D eigenvalue weighted by Crippen LogP contribution is 2.35. The molecule has 0 bridgehead atoms. The number of aliphatic carboxylic acids is 1. The number of carbonyl (C=O) groups is 2. The van der Waals surface area contributed by atoms with Crippen LogP contribution in [0.5, 0.6) is 0 Å². The van der Waals surface area contributed by atoms with Crippen LogP contribution in [0, 0.1) is 5.41 Å². The van der Waals surface area contributed by atoms with Crippen molar-refractivity contribution in [3.63, 3.8) is 0 Å². The van der Waals surface area contributed by atoms with Crippen molar-refractivity contribution < 1.29 is 14.7 Å². The zero-order chi connectivity index (χ0) is 14.0. The Morgan fingerprint density at radius 2 is 2.11 bits per heavy atom. The predicted octanol–water partition coefficient (Wildman–Crippen LogP) is 2.67. The highest BCUT2D eigenvalue weighted by Gasteiger charge is 2.44. The smallest absolute Gasteiger partial charge is 0.311 e. The van der Waals surface area contributed by atoms with Gasteiger partial charge in [0.25, 0.3) is 5.91 Å². The van der Waals surface area contributed by atoms with Crippen molar-refractivity contribution in [1.29, 1.82) is 0 Å². The third-order valence-corrected chi connectivity index (χ3v) is 4.21. The molecular weight excluding hydrogens is 266 g/mol. The fourth-order valence-corrected chi connectivity index (χ4v) is 2.68. The zero-order valence-corrected chi connectivity index (χ0v) is 11.5. The molecule has 19 heavy (non-hydrogen) atoms. The maximum absolute atomic E-state index is 12.3. The molecule has 1 aliphatic heterocycles. The van der Waals surface area contributed by atoms with Crippen LogP contribution in [0.25, 0.3) is 0 Å². The first-order valence-corrected chi connectivity index (χ1v) is 6.65. The lowest BCUT2D eigenvalue weighted by molar-refractivity contribution is -0.148. The monoisotopic (exact) mass is 281 g/mol. The van der Waals surface area contributed by atoms with Gasteiger partial charge in [-0.3, -0.25) is 9.59 Å². The molecule has 1 unspecified atom stereocenters. The number of carboxylic acids is 1. The Hall–Kier alpha value is -1.55. The van der Waals surface area contributed by atoms with Crippen LogP contribution in [0.15, 0.2) is 24.3 Å². The Labute approximate surface area is 117 Å². The second kappa shape index (κ2) is 5.21. The van der Waals surface area contributed by atoms with Gasteiger partial charge in [-0.2, -0.15) is 0 Å². The molecule has 0 spiro atoms. The lowest BCUT2D eigenvalue weighted by Gasteiger charge is -2.23. The van der Waals surface area contributed by atoms with E-state index in [0.29, 0.717) is 30.0 Å². The molecule has 2 rings (SSSR count). The first kappa shape index (κ1) is 13.9. The number of amides is 1. The summed E-state index contributed by atoms with van der Waals surface area (Å²) in [6, 6.07) is 6.84. The Kier molecular flexibility index (Phi) is 3.80. The normalized spacial score (nSPS) is 22.5. The molecule has 1 saturated heterocycles. The van der Waals surface area contributed by atoms with E-state index < -0.39 is 11.4 Å². The van der Waals surface area contributed by atoms with E-state index in [1.165, 1.54) is 0 Å². The number of carbonyl (C=O) groups excluding carboxylic acids is 1. The molecule has 1 N–H and O–H groups in total. The fraction of sp³-hybridized carbons (Fsp3) is 0.429. The average Bonchev–Trinajstić information content (AvgIpc) is 2.84. The summed E-state index contributed by atoms with van der Waals surface area (Å²) in [7, 11) is 0. The van der Waals surface area contributed by atoms with Crippen molar-refractivity contribution in [2.24, 2.45) is 5.41 Å². The van der Waals surface area contributed by atoms with Crippen molar-refractivity contribution in [1.82, 2.24) is 4.90 Å². The number of halogens is 1. The lowest BCUT2D eigenvalue weighted by Crippen LogP contribution is -2.36. The minimum absolute atomic E-state index is 0.192. The first-order valence-electron chi connectivity index (χ1n) is 6.27. The average molecular weight is 282 g/mol. The lowest BCUT2D eigenvalue weighted by atomic mass is 9.84. The molecule has 4 nitrogen and oxygen atoms in total. The van der Waals surface area contributed by atoms with Crippen molar-refractivity contribution in [3.8, 4) is 0 Å². The number of nitrogens with zero attached hydrogens (tertiary/aromatic N) is 1. The quantitative estimate of drug-likeness (QED) is 0.927. The standard InChI is InChI=1S/C14H16ClNO3/c1-2-14(13(18)19)7-8-16(9-14)12(17)10-5-3-4-6-11(10)15/h3-6H,2,7-9H2,1H3,(H,18,19). The molecule has 1 amide bonds. The van der Waals surface area contributed by atoms with Crippen LogP contribution in [0.4, 0.5) is 0 Å². The van der Waals surface area contributed by atoms with Gasteiger partial charge in [-0.25, -0.2) is 0 Å². The van der Waals surface area contributed by atoms with Crippen LogP contribution in [-0.2, 0) is 4.79 Å². The van der Waals surface area contributed by atoms with Crippen LogP contribution >= 0.6 is 11.6 Å². The topological polar surface area (TPSA) is 57.6 Å². The van der Waals surface area contributed by atoms with E-state index in [0.717, 1.165) is 0 Å². The molecule has 1 heterocycles. The molecule has 5 heteroatoms. The molecule has 1 atom stereocenters. The summed E-state index contributed by atoms with van der Waals surface area (Å²) in [5, 5.41) is 9.72. The van der Waals surface area contributed by atoms with Gasteiger partial charge < -0.3 is 10.0 Å². The van der Waals surface area contributed by atoms with Gasteiger partial charge in [0.05, 0.1) is 16.0 Å². The number of hydrogen-bond donors (Lipinski definition) is 1. The van der Waals surface area contributed by atoms with E-state index in [9.17, 15) is 14.7 Å². The second-order valence-corrected chi connectivity index (χ2v) is 5.30. The van der Waals surface area contributed by atoms with Crippen LogP contribution in [-0.4, -0.2) is 35.0 Å². The molecule has 1 fully saturated rings.